The number of hydrogen-bond acceptors (Lipinski definition) is 5. The third-order valence-corrected chi connectivity index (χ3v) is 6.83. The van der Waals surface area contributed by atoms with Gasteiger partial charge in [0.05, 0.1) is 10.1 Å². The van der Waals surface area contributed by atoms with Crippen LogP contribution in [0.15, 0.2) is 23.1 Å². The van der Waals surface area contributed by atoms with Gasteiger partial charge in [0, 0.05) is 6.07 Å². The number of nitrogens with two attached hydrogens (primary N) is 1. The van der Waals surface area contributed by atoms with E-state index < -0.39 is 15.1 Å². The molecule has 1 atom stereocenters. The summed E-state index contributed by atoms with van der Waals surface area (Å²) in [4.78, 5) is 0.317. The van der Waals surface area contributed by atoms with Crippen LogP contribution in [0, 0.1) is 11.3 Å². The normalized spacial score (nSPS) is 15.6. The van der Waals surface area contributed by atoms with E-state index in [1.54, 1.807) is 18.2 Å². The van der Waals surface area contributed by atoms with Crippen LogP contribution in [0.25, 0.3) is 0 Å². The molecule has 0 saturated heterocycles. The smallest absolute Gasteiger partial charge is 0.231 e. The second-order valence-electron chi connectivity index (χ2n) is 8.07. The summed E-state index contributed by atoms with van der Waals surface area (Å²) in [5.41, 5.74) is 5.57. The lowest BCUT2D eigenvalue weighted by Gasteiger charge is -2.30. The predicted molar refractivity (Wildman–Crippen MR) is 99.7 cm³/mol. The SMILES string of the molecule is CC(C)CC(CC(C)(C)CCCN)S(=O)(=O)c1ccc2c(c1)OCO2. The Hall–Kier alpha value is -1.27. The maximum atomic E-state index is 13.3. The molecule has 0 fully saturated rings. The molecule has 142 valence electrons. The molecule has 2 rings (SSSR count). The van der Waals surface area contributed by atoms with Crippen LogP contribution in [0.5, 0.6) is 11.5 Å². The lowest BCUT2D eigenvalue weighted by atomic mass is 9.82. The van der Waals surface area contributed by atoms with E-state index in [0.29, 0.717) is 41.7 Å². The van der Waals surface area contributed by atoms with Gasteiger partial charge in [-0.15, -0.1) is 0 Å². The molecule has 1 aromatic carbocycles. The lowest BCUT2D eigenvalue weighted by Crippen LogP contribution is -2.30. The number of ether oxygens (including phenoxy) is 2. The Balaban J connectivity index is 2.28. The fraction of sp³-hybridized carbons (Fsp3) is 0.684. The van der Waals surface area contributed by atoms with Gasteiger partial charge in [-0.05, 0) is 55.7 Å². The molecule has 1 aliphatic rings. The number of hydrogen-bond donors (Lipinski definition) is 1. The molecule has 0 radical (unpaired) electrons. The van der Waals surface area contributed by atoms with Gasteiger partial charge in [0.1, 0.15) is 0 Å². The first-order valence-corrected chi connectivity index (χ1v) is 10.5. The predicted octanol–water partition coefficient (Wildman–Crippen LogP) is 3.76. The first kappa shape index (κ1) is 20.0. The van der Waals surface area contributed by atoms with Crippen LogP contribution in [0.2, 0.25) is 0 Å². The Morgan fingerprint density at radius 1 is 1.20 bits per heavy atom. The minimum atomic E-state index is -3.44. The first-order valence-electron chi connectivity index (χ1n) is 8.99. The van der Waals surface area contributed by atoms with Gasteiger partial charge in [-0.25, -0.2) is 8.42 Å². The number of benzene rings is 1. The van der Waals surface area contributed by atoms with Gasteiger partial charge in [-0.1, -0.05) is 27.7 Å². The molecule has 1 aliphatic heterocycles. The highest BCUT2D eigenvalue weighted by atomic mass is 32.2. The second-order valence-corrected chi connectivity index (χ2v) is 10.3. The summed E-state index contributed by atoms with van der Waals surface area (Å²) in [5, 5.41) is -0.416. The summed E-state index contributed by atoms with van der Waals surface area (Å²) in [6.07, 6.45) is 3.10. The van der Waals surface area contributed by atoms with Crippen molar-refractivity contribution in [3.63, 3.8) is 0 Å². The first-order chi connectivity index (χ1) is 11.7. The van der Waals surface area contributed by atoms with Crippen molar-refractivity contribution in [1.29, 1.82) is 0 Å². The Morgan fingerprint density at radius 3 is 2.52 bits per heavy atom. The van der Waals surface area contributed by atoms with Gasteiger partial charge in [-0.2, -0.15) is 0 Å². The van der Waals surface area contributed by atoms with Crippen molar-refractivity contribution >= 4 is 9.84 Å². The number of sulfone groups is 1. The fourth-order valence-corrected chi connectivity index (χ4v) is 5.61. The molecule has 1 heterocycles. The van der Waals surface area contributed by atoms with Crippen LogP contribution >= 0.6 is 0 Å². The molecule has 0 aromatic heterocycles. The quantitative estimate of drug-likeness (QED) is 0.717. The maximum absolute atomic E-state index is 13.3. The highest BCUT2D eigenvalue weighted by Crippen LogP contribution is 2.38. The van der Waals surface area contributed by atoms with E-state index >= 15 is 0 Å². The van der Waals surface area contributed by atoms with Gasteiger partial charge in [0.15, 0.2) is 21.3 Å². The number of fused-ring (bicyclic) bond motifs is 1. The van der Waals surface area contributed by atoms with Crippen LogP contribution < -0.4 is 15.2 Å². The monoisotopic (exact) mass is 369 g/mol. The molecular formula is C19H31NO4S. The summed E-state index contributed by atoms with van der Waals surface area (Å²) >= 11 is 0. The minimum Gasteiger partial charge on any atom is -0.454 e. The Bertz CT molecular complexity index is 683. The van der Waals surface area contributed by atoms with E-state index in [4.69, 9.17) is 15.2 Å². The lowest BCUT2D eigenvalue weighted by molar-refractivity contribution is 0.174. The molecule has 0 amide bonds. The van der Waals surface area contributed by atoms with Crippen molar-refractivity contribution in [2.75, 3.05) is 13.3 Å². The molecule has 6 heteroatoms. The third-order valence-electron chi connectivity index (χ3n) is 4.68. The Kier molecular flexibility index (Phi) is 6.38. The molecule has 0 bridgehead atoms. The molecule has 1 aromatic rings. The summed E-state index contributed by atoms with van der Waals surface area (Å²) in [5.74, 6) is 1.41. The molecule has 1 unspecified atom stereocenters. The van der Waals surface area contributed by atoms with Gasteiger partial charge < -0.3 is 15.2 Å². The largest absolute Gasteiger partial charge is 0.454 e. The average Bonchev–Trinajstić information content (AvgIpc) is 2.99. The summed E-state index contributed by atoms with van der Waals surface area (Å²) in [6.45, 7) is 9.16. The van der Waals surface area contributed by atoms with Gasteiger partial charge >= 0.3 is 0 Å². The van der Waals surface area contributed by atoms with Crippen molar-refractivity contribution in [2.45, 2.75) is 63.5 Å². The molecule has 2 N–H and O–H groups in total. The molecule has 0 saturated carbocycles. The van der Waals surface area contributed by atoms with E-state index in [1.165, 1.54) is 0 Å². The van der Waals surface area contributed by atoms with Crippen molar-refractivity contribution in [3.8, 4) is 11.5 Å². The topological polar surface area (TPSA) is 78.6 Å². The second kappa shape index (κ2) is 7.96. The van der Waals surface area contributed by atoms with Crippen LogP contribution in [0.1, 0.15) is 53.4 Å². The molecular weight excluding hydrogens is 338 g/mol. The molecule has 0 spiro atoms. The molecule has 5 nitrogen and oxygen atoms in total. The fourth-order valence-electron chi connectivity index (χ4n) is 3.39. The van der Waals surface area contributed by atoms with E-state index in [0.717, 1.165) is 12.8 Å². The van der Waals surface area contributed by atoms with Crippen LogP contribution in [0.4, 0.5) is 0 Å². The minimum absolute atomic E-state index is 0.0671. The van der Waals surface area contributed by atoms with E-state index in [9.17, 15) is 8.42 Å². The highest BCUT2D eigenvalue weighted by molar-refractivity contribution is 7.92. The van der Waals surface area contributed by atoms with Crippen molar-refractivity contribution in [2.24, 2.45) is 17.1 Å². The third kappa shape index (κ3) is 5.11. The summed E-state index contributed by atoms with van der Waals surface area (Å²) in [6, 6.07) is 4.90. The number of rotatable bonds is 9. The standard InChI is InChI=1S/C19H31NO4S/c1-14(2)10-16(12-19(3,4)8-5-9-20)25(21,22)15-6-7-17-18(11-15)24-13-23-17/h6-7,11,14,16H,5,8-10,12-13,20H2,1-4H3. The summed E-state index contributed by atoms with van der Waals surface area (Å²) in [7, 11) is -3.44. The maximum Gasteiger partial charge on any atom is 0.231 e. The van der Waals surface area contributed by atoms with Crippen LogP contribution in [0.3, 0.4) is 0 Å². The van der Waals surface area contributed by atoms with Crippen molar-refractivity contribution in [3.05, 3.63) is 18.2 Å². The molecule has 25 heavy (non-hydrogen) atoms. The van der Waals surface area contributed by atoms with Crippen molar-refractivity contribution in [1.82, 2.24) is 0 Å². The Labute approximate surface area is 151 Å². The van der Waals surface area contributed by atoms with Gasteiger partial charge in [-0.3, -0.25) is 0 Å². The van der Waals surface area contributed by atoms with Crippen molar-refractivity contribution < 1.29 is 17.9 Å². The molecule has 0 aliphatic carbocycles. The van der Waals surface area contributed by atoms with Gasteiger partial charge in [0.2, 0.25) is 6.79 Å². The zero-order valence-corrected chi connectivity index (χ0v) is 16.6. The zero-order chi connectivity index (χ0) is 18.7. The van der Waals surface area contributed by atoms with Crippen LogP contribution in [-0.2, 0) is 9.84 Å². The average molecular weight is 370 g/mol. The van der Waals surface area contributed by atoms with E-state index in [-0.39, 0.29) is 12.2 Å². The van der Waals surface area contributed by atoms with Crippen LogP contribution in [-0.4, -0.2) is 27.0 Å². The summed E-state index contributed by atoms with van der Waals surface area (Å²) < 4.78 is 37.2. The highest BCUT2D eigenvalue weighted by Gasteiger charge is 2.34. The van der Waals surface area contributed by atoms with E-state index in [2.05, 4.69) is 27.7 Å². The zero-order valence-electron chi connectivity index (χ0n) is 15.7. The Morgan fingerprint density at radius 2 is 1.88 bits per heavy atom. The van der Waals surface area contributed by atoms with E-state index in [1.807, 2.05) is 0 Å². The van der Waals surface area contributed by atoms with Gasteiger partial charge in [0.25, 0.3) is 0 Å².